The maximum absolute atomic E-state index is 2.44. The van der Waals surface area contributed by atoms with Crippen LogP contribution < -0.4 is 0 Å². The van der Waals surface area contributed by atoms with Crippen molar-refractivity contribution in [2.75, 3.05) is 0 Å². The molecule has 0 aromatic heterocycles. The SMILES string of the molecule is C/C=C/C=C/C1CCC(C2CCC(c3ccc(C)cc3)CC2)CC1. The molecule has 0 heteroatoms. The molecule has 0 aliphatic heterocycles. The lowest BCUT2D eigenvalue weighted by Gasteiger charge is -2.37. The summed E-state index contributed by atoms with van der Waals surface area (Å²) in [5.41, 5.74) is 2.96. The Labute approximate surface area is 149 Å². The lowest BCUT2D eigenvalue weighted by atomic mass is 9.68. The van der Waals surface area contributed by atoms with Crippen molar-refractivity contribution in [3.63, 3.8) is 0 Å². The molecule has 130 valence electrons. The monoisotopic (exact) mass is 322 g/mol. The summed E-state index contributed by atoms with van der Waals surface area (Å²) in [4.78, 5) is 0. The lowest BCUT2D eigenvalue weighted by Crippen LogP contribution is -2.25. The highest BCUT2D eigenvalue weighted by molar-refractivity contribution is 5.24. The van der Waals surface area contributed by atoms with Crippen LogP contribution in [0, 0.1) is 24.7 Å². The predicted octanol–water partition coefficient (Wildman–Crippen LogP) is 7.21. The van der Waals surface area contributed by atoms with Gasteiger partial charge in [-0.3, -0.25) is 0 Å². The number of benzene rings is 1. The van der Waals surface area contributed by atoms with Crippen molar-refractivity contribution in [2.45, 2.75) is 71.1 Å². The predicted molar refractivity (Wildman–Crippen MR) is 105 cm³/mol. The van der Waals surface area contributed by atoms with Crippen molar-refractivity contribution in [3.8, 4) is 0 Å². The molecule has 0 bridgehead atoms. The van der Waals surface area contributed by atoms with Gasteiger partial charge in [-0.05, 0) is 94.4 Å². The summed E-state index contributed by atoms with van der Waals surface area (Å²) in [5, 5.41) is 0. The fourth-order valence-electron chi connectivity index (χ4n) is 4.90. The molecule has 0 N–H and O–H groups in total. The minimum Gasteiger partial charge on any atom is -0.0877 e. The average molecular weight is 323 g/mol. The van der Waals surface area contributed by atoms with Gasteiger partial charge in [0.1, 0.15) is 0 Å². The van der Waals surface area contributed by atoms with Gasteiger partial charge in [-0.15, -0.1) is 0 Å². The van der Waals surface area contributed by atoms with E-state index < -0.39 is 0 Å². The maximum atomic E-state index is 2.44. The molecule has 0 unspecified atom stereocenters. The van der Waals surface area contributed by atoms with Gasteiger partial charge < -0.3 is 0 Å². The molecule has 0 saturated heterocycles. The van der Waals surface area contributed by atoms with Gasteiger partial charge in [-0.2, -0.15) is 0 Å². The van der Waals surface area contributed by atoms with E-state index >= 15 is 0 Å². The number of rotatable bonds is 4. The Morgan fingerprint density at radius 3 is 1.92 bits per heavy atom. The Bertz CT molecular complexity index is 532. The van der Waals surface area contributed by atoms with Crippen LogP contribution in [0.3, 0.4) is 0 Å². The van der Waals surface area contributed by atoms with Crippen LogP contribution in [0.25, 0.3) is 0 Å². The van der Waals surface area contributed by atoms with Gasteiger partial charge in [-0.25, -0.2) is 0 Å². The Hall–Kier alpha value is -1.30. The number of hydrogen-bond donors (Lipinski definition) is 0. The van der Waals surface area contributed by atoms with E-state index in [1.807, 2.05) is 0 Å². The average Bonchev–Trinajstić information content (AvgIpc) is 2.63. The summed E-state index contributed by atoms with van der Waals surface area (Å²) in [6, 6.07) is 9.29. The molecule has 0 heterocycles. The van der Waals surface area contributed by atoms with Crippen molar-refractivity contribution in [3.05, 3.63) is 59.7 Å². The normalized spacial score (nSPS) is 31.8. The highest BCUT2D eigenvalue weighted by Gasteiger charge is 2.30. The topological polar surface area (TPSA) is 0 Å². The van der Waals surface area contributed by atoms with Crippen molar-refractivity contribution >= 4 is 0 Å². The van der Waals surface area contributed by atoms with Gasteiger partial charge in [0, 0.05) is 0 Å². The van der Waals surface area contributed by atoms with Gasteiger partial charge in [0.15, 0.2) is 0 Å². The van der Waals surface area contributed by atoms with Crippen LogP contribution in [0.4, 0.5) is 0 Å². The maximum Gasteiger partial charge on any atom is -0.0162 e. The van der Waals surface area contributed by atoms with Crippen LogP contribution in [0.2, 0.25) is 0 Å². The third-order valence-electron chi connectivity index (χ3n) is 6.49. The molecule has 2 aliphatic rings. The van der Waals surface area contributed by atoms with E-state index in [1.165, 1.54) is 56.9 Å². The fourth-order valence-corrected chi connectivity index (χ4v) is 4.90. The molecule has 0 amide bonds. The van der Waals surface area contributed by atoms with E-state index in [0.29, 0.717) is 0 Å². The van der Waals surface area contributed by atoms with E-state index in [4.69, 9.17) is 0 Å². The Morgan fingerprint density at radius 2 is 1.33 bits per heavy atom. The summed E-state index contributed by atoms with van der Waals surface area (Å²) < 4.78 is 0. The van der Waals surface area contributed by atoms with Gasteiger partial charge >= 0.3 is 0 Å². The summed E-state index contributed by atoms with van der Waals surface area (Å²) in [5.74, 6) is 3.67. The first-order valence-electron chi connectivity index (χ1n) is 10.1. The van der Waals surface area contributed by atoms with Crippen molar-refractivity contribution in [1.82, 2.24) is 0 Å². The molecule has 2 aliphatic carbocycles. The molecule has 1 aromatic rings. The molecule has 2 fully saturated rings. The van der Waals surface area contributed by atoms with Crippen LogP contribution in [-0.2, 0) is 0 Å². The molecule has 0 nitrogen and oxygen atoms in total. The summed E-state index contributed by atoms with van der Waals surface area (Å²) in [7, 11) is 0. The first-order valence-corrected chi connectivity index (χ1v) is 10.1. The molecule has 3 rings (SSSR count). The van der Waals surface area contributed by atoms with Crippen LogP contribution in [0.1, 0.15) is 75.3 Å². The van der Waals surface area contributed by atoms with Crippen LogP contribution in [0.15, 0.2) is 48.6 Å². The third-order valence-corrected chi connectivity index (χ3v) is 6.49. The van der Waals surface area contributed by atoms with E-state index in [-0.39, 0.29) is 0 Å². The lowest BCUT2D eigenvalue weighted by molar-refractivity contribution is 0.171. The van der Waals surface area contributed by atoms with Gasteiger partial charge in [0.05, 0.1) is 0 Å². The van der Waals surface area contributed by atoms with E-state index in [1.54, 1.807) is 5.56 Å². The summed E-state index contributed by atoms with van der Waals surface area (Å²) in [6.07, 6.45) is 20.5. The summed E-state index contributed by atoms with van der Waals surface area (Å²) in [6.45, 7) is 4.28. The first-order chi connectivity index (χ1) is 11.8. The zero-order valence-electron chi connectivity index (χ0n) is 15.6. The Kier molecular flexibility index (Phi) is 6.35. The third kappa shape index (κ3) is 4.62. The molecular weight excluding hydrogens is 288 g/mol. The van der Waals surface area contributed by atoms with Crippen LogP contribution >= 0.6 is 0 Å². The number of hydrogen-bond acceptors (Lipinski definition) is 0. The minimum atomic E-state index is 0.821. The molecule has 0 radical (unpaired) electrons. The smallest absolute Gasteiger partial charge is 0.0162 e. The largest absolute Gasteiger partial charge is 0.0877 e. The van der Waals surface area contributed by atoms with Gasteiger partial charge in [0.2, 0.25) is 0 Å². The van der Waals surface area contributed by atoms with Gasteiger partial charge in [0.25, 0.3) is 0 Å². The second-order valence-electron chi connectivity index (χ2n) is 8.11. The zero-order chi connectivity index (χ0) is 16.8. The molecule has 24 heavy (non-hydrogen) atoms. The van der Waals surface area contributed by atoms with E-state index in [9.17, 15) is 0 Å². The van der Waals surface area contributed by atoms with Crippen molar-refractivity contribution in [2.24, 2.45) is 17.8 Å². The summed E-state index contributed by atoms with van der Waals surface area (Å²) >= 11 is 0. The highest BCUT2D eigenvalue weighted by Crippen LogP contribution is 2.44. The van der Waals surface area contributed by atoms with Crippen LogP contribution in [-0.4, -0.2) is 0 Å². The number of allylic oxidation sites excluding steroid dienone is 4. The van der Waals surface area contributed by atoms with Crippen LogP contribution in [0.5, 0.6) is 0 Å². The Balaban J connectivity index is 1.45. The zero-order valence-corrected chi connectivity index (χ0v) is 15.6. The molecule has 2 saturated carbocycles. The van der Waals surface area contributed by atoms with Crippen molar-refractivity contribution in [1.29, 1.82) is 0 Å². The fraction of sp³-hybridized carbons (Fsp3) is 0.583. The standard InChI is InChI=1S/C24H34/c1-3-4-5-6-20-9-13-22(14-10-20)24-17-15-23(16-18-24)21-11-7-19(2)8-12-21/h3-8,11-12,20,22-24H,9-10,13-18H2,1-2H3/b4-3+,6-5+. The second-order valence-corrected chi connectivity index (χ2v) is 8.11. The van der Waals surface area contributed by atoms with Crippen molar-refractivity contribution < 1.29 is 0 Å². The molecule has 0 atom stereocenters. The highest BCUT2D eigenvalue weighted by atomic mass is 14.4. The number of aryl methyl sites for hydroxylation is 1. The molecule has 0 spiro atoms. The minimum absolute atomic E-state index is 0.821. The van der Waals surface area contributed by atoms with Gasteiger partial charge in [-0.1, -0.05) is 54.1 Å². The van der Waals surface area contributed by atoms with E-state index in [0.717, 1.165) is 23.7 Å². The second kappa shape index (κ2) is 8.70. The first kappa shape index (κ1) is 17.5. The van der Waals surface area contributed by atoms with E-state index in [2.05, 4.69) is 62.4 Å². The molecule has 1 aromatic carbocycles. The molecular formula is C24H34. The quantitative estimate of drug-likeness (QED) is 0.514. The Morgan fingerprint density at radius 1 is 0.750 bits per heavy atom.